The van der Waals surface area contributed by atoms with Gasteiger partial charge in [-0.05, 0) is 55.3 Å². The molecule has 2 heterocycles. The Morgan fingerprint density at radius 1 is 1.00 bits per heavy atom. The number of hydrogen-bond acceptors (Lipinski definition) is 4. The summed E-state index contributed by atoms with van der Waals surface area (Å²) in [5.74, 6) is 0.215. The number of aryl methyl sites for hydroxylation is 2. The van der Waals surface area contributed by atoms with Crippen LogP contribution in [0.25, 0.3) is 22.0 Å². The van der Waals surface area contributed by atoms with Crippen LogP contribution in [0.1, 0.15) is 17.0 Å². The Bertz CT molecular complexity index is 1320. The van der Waals surface area contributed by atoms with E-state index in [0.717, 1.165) is 46.1 Å². The van der Waals surface area contributed by atoms with Gasteiger partial charge in [-0.25, -0.2) is 9.07 Å². The van der Waals surface area contributed by atoms with Gasteiger partial charge in [0.1, 0.15) is 18.3 Å². The average Bonchev–Trinajstić information content (AvgIpc) is 3.30. The standard InChI is InChI=1S/C27H35FN4O2Si/c1-19-24(20(2)31(3)29-19)11-12-34-27-16-23(28)8-9-25(27)21-7-10-26-22(15-21)17-32(30-26)18-33-13-14-35(4,5)6/h7-10,15-17H,11-14,18H2,1-6H3. The molecule has 0 aliphatic carbocycles. The van der Waals surface area contributed by atoms with E-state index in [-0.39, 0.29) is 5.82 Å². The quantitative estimate of drug-likeness (QED) is 0.197. The number of rotatable bonds is 10. The van der Waals surface area contributed by atoms with E-state index in [2.05, 4.69) is 42.8 Å². The number of nitrogens with zero attached hydrogens (tertiary/aromatic N) is 4. The van der Waals surface area contributed by atoms with Crippen LogP contribution in [-0.4, -0.2) is 40.8 Å². The molecule has 0 bridgehead atoms. The third kappa shape index (κ3) is 6.18. The Hall–Kier alpha value is -2.97. The average molecular weight is 495 g/mol. The molecule has 0 saturated heterocycles. The molecule has 0 unspecified atom stereocenters. The first-order valence-electron chi connectivity index (χ1n) is 12.1. The molecule has 35 heavy (non-hydrogen) atoms. The second-order valence-electron chi connectivity index (χ2n) is 10.3. The van der Waals surface area contributed by atoms with Crippen molar-refractivity contribution in [2.24, 2.45) is 7.05 Å². The molecule has 2 aromatic heterocycles. The molecule has 0 atom stereocenters. The van der Waals surface area contributed by atoms with Gasteiger partial charge in [0.25, 0.3) is 0 Å². The Kier molecular flexibility index (Phi) is 7.42. The van der Waals surface area contributed by atoms with Gasteiger partial charge in [0.2, 0.25) is 0 Å². The van der Waals surface area contributed by atoms with Crippen molar-refractivity contribution in [3.63, 3.8) is 0 Å². The monoisotopic (exact) mass is 494 g/mol. The van der Waals surface area contributed by atoms with Crippen molar-refractivity contribution in [3.8, 4) is 16.9 Å². The maximum Gasteiger partial charge on any atom is 0.139 e. The molecular formula is C27H35FN4O2Si. The SMILES string of the molecule is Cc1nn(C)c(C)c1CCOc1cc(F)ccc1-c1ccc2nn(COCC[Si](C)(C)C)cc2c1. The lowest BCUT2D eigenvalue weighted by Gasteiger charge is -2.15. The second kappa shape index (κ2) is 10.3. The number of aromatic nitrogens is 4. The highest BCUT2D eigenvalue weighted by Crippen LogP contribution is 2.33. The van der Waals surface area contributed by atoms with Crippen LogP contribution < -0.4 is 4.74 Å². The van der Waals surface area contributed by atoms with Gasteiger partial charge < -0.3 is 9.47 Å². The summed E-state index contributed by atoms with van der Waals surface area (Å²) in [5.41, 5.74) is 6.01. The number of halogens is 1. The molecule has 6 nitrogen and oxygen atoms in total. The van der Waals surface area contributed by atoms with Gasteiger partial charge in [-0.1, -0.05) is 25.7 Å². The lowest BCUT2D eigenvalue weighted by molar-refractivity contribution is 0.0791. The van der Waals surface area contributed by atoms with Gasteiger partial charge in [0.15, 0.2) is 0 Å². The van der Waals surface area contributed by atoms with E-state index in [1.54, 1.807) is 6.07 Å². The highest BCUT2D eigenvalue weighted by molar-refractivity contribution is 6.76. The van der Waals surface area contributed by atoms with E-state index in [9.17, 15) is 4.39 Å². The van der Waals surface area contributed by atoms with Crippen molar-refractivity contribution in [2.45, 2.75) is 52.7 Å². The molecule has 8 heteroatoms. The molecule has 0 fully saturated rings. The molecule has 0 radical (unpaired) electrons. The molecule has 0 N–H and O–H groups in total. The zero-order chi connectivity index (χ0) is 25.2. The second-order valence-corrected chi connectivity index (χ2v) is 15.9. The Morgan fingerprint density at radius 3 is 2.51 bits per heavy atom. The fourth-order valence-electron chi connectivity index (χ4n) is 4.14. The van der Waals surface area contributed by atoms with Crippen LogP contribution in [0.5, 0.6) is 5.75 Å². The van der Waals surface area contributed by atoms with Crippen LogP contribution in [0.3, 0.4) is 0 Å². The fraction of sp³-hybridized carbons (Fsp3) is 0.407. The van der Waals surface area contributed by atoms with E-state index in [1.165, 1.54) is 17.7 Å². The van der Waals surface area contributed by atoms with Gasteiger partial charge >= 0.3 is 0 Å². The van der Waals surface area contributed by atoms with Crippen molar-refractivity contribution in [1.29, 1.82) is 0 Å². The Morgan fingerprint density at radius 2 is 1.80 bits per heavy atom. The molecule has 4 aromatic rings. The Balaban J connectivity index is 1.48. The molecule has 0 spiro atoms. The van der Waals surface area contributed by atoms with Crippen LogP contribution >= 0.6 is 0 Å². The molecule has 0 saturated carbocycles. The summed E-state index contributed by atoms with van der Waals surface area (Å²) in [7, 11) is 0.827. The van der Waals surface area contributed by atoms with Crippen LogP contribution in [0.2, 0.25) is 25.7 Å². The van der Waals surface area contributed by atoms with Crippen molar-refractivity contribution >= 4 is 19.0 Å². The van der Waals surface area contributed by atoms with Crippen molar-refractivity contribution in [2.75, 3.05) is 13.2 Å². The molecule has 0 amide bonds. The van der Waals surface area contributed by atoms with Crippen molar-refractivity contribution in [1.82, 2.24) is 19.6 Å². The largest absolute Gasteiger partial charge is 0.492 e. The Labute approximate surface area is 207 Å². The van der Waals surface area contributed by atoms with Gasteiger partial charge in [-0.3, -0.25) is 4.68 Å². The third-order valence-electron chi connectivity index (χ3n) is 6.29. The van der Waals surface area contributed by atoms with Gasteiger partial charge in [0.05, 0.1) is 17.8 Å². The van der Waals surface area contributed by atoms with Crippen molar-refractivity contribution < 1.29 is 13.9 Å². The predicted molar refractivity (Wildman–Crippen MR) is 141 cm³/mol. The summed E-state index contributed by atoms with van der Waals surface area (Å²) in [6, 6.07) is 11.9. The summed E-state index contributed by atoms with van der Waals surface area (Å²) in [6.07, 6.45) is 2.70. The van der Waals surface area contributed by atoms with Crippen molar-refractivity contribution in [3.05, 3.63) is 65.4 Å². The molecule has 186 valence electrons. The molecule has 0 aliphatic rings. The van der Waals surface area contributed by atoms with Gasteiger partial charge in [0, 0.05) is 57.1 Å². The number of ether oxygens (including phenoxy) is 2. The first kappa shape index (κ1) is 25.1. The minimum absolute atomic E-state index is 0.318. The van der Waals surface area contributed by atoms with E-state index in [1.807, 2.05) is 41.7 Å². The van der Waals surface area contributed by atoms with E-state index < -0.39 is 8.07 Å². The van der Waals surface area contributed by atoms with Crippen LogP contribution in [-0.2, 0) is 24.9 Å². The lowest BCUT2D eigenvalue weighted by Crippen LogP contribution is -2.22. The van der Waals surface area contributed by atoms with Crippen LogP contribution in [0.4, 0.5) is 4.39 Å². The van der Waals surface area contributed by atoms with E-state index in [0.29, 0.717) is 25.5 Å². The topological polar surface area (TPSA) is 54.1 Å². The number of hydrogen-bond donors (Lipinski definition) is 0. The summed E-state index contributed by atoms with van der Waals surface area (Å²) in [6.45, 7) is 12.7. The smallest absolute Gasteiger partial charge is 0.139 e. The van der Waals surface area contributed by atoms with E-state index in [4.69, 9.17) is 9.47 Å². The molecule has 0 aliphatic heterocycles. The summed E-state index contributed by atoms with van der Waals surface area (Å²) in [4.78, 5) is 0. The minimum atomic E-state index is -1.11. The maximum absolute atomic E-state index is 14.1. The fourth-order valence-corrected chi connectivity index (χ4v) is 4.90. The van der Waals surface area contributed by atoms with Crippen LogP contribution in [0.15, 0.2) is 42.6 Å². The first-order valence-corrected chi connectivity index (χ1v) is 15.8. The molecule has 2 aromatic carbocycles. The number of benzene rings is 2. The zero-order valence-corrected chi connectivity index (χ0v) is 22.6. The molecular weight excluding hydrogens is 459 g/mol. The minimum Gasteiger partial charge on any atom is -0.492 e. The molecule has 4 rings (SSSR count). The zero-order valence-electron chi connectivity index (χ0n) is 21.6. The first-order chi connectivity index (χ1) is 16.6. The maximum atomic E-state index is 14.1. The van der Waals surface area contributed by atoms with E-state index >= 15 is 0 Å². The number of fused-ring (bicyclic) bond motifs is 1. The lowest BCUT2D eigenvalue weighted by atomic mass is 10.0. The highest BCUT2D eigenvalue weighted by atomic mass is 28.3. The predicted octanol–water partition coefficient (Wildman–Crippen LogP) is 6.13. The third-order valence-corrected chi connectivity index (χ3v) is 8.00. The summed E-state index contributed by atoms with van der Waals surface area (Å²) >= 11 is 0. The summed E-state index contributed by atoms with van der Waals surface area (Å²) in [5, 5.41) is 10.1. The normalized spacial score (nSPS) is 12.0. The van der Waals surface area contributed by atoms with Crippen LogP contribution in [0, 0.1) is 19.7 Å². The highest BCUT2D eigenvalue weighted by Gasteiger charge is 2.14. The summed E-state index contributed by atoms with van der Waals surface area (Å²) < 4.78 is 29.7. The van der Waals surface area contributed by atoms with Gasteiger partial charge in [-0.15, -0.1) is 0 Å². The van der Waals surface area contributed by atoms with Gasteiger partial charge in [-0.2, -0.15) is 10.2 Å².